The van der Waals surface area contributed by atoms with E-state index in [9.17, 15) is 5.11 Å². The number of hydrogen-bond donors (Lipinski definition) is 1. The molecule has 3 nitrogen and oxygen atoms in total. The molecule has 0 bridgehead atoms. The number of likely N-dealkylation sites (tertiary alicyclic amines) is 2. The smallest absolute Gasteiger partial charge is 0.107 e. The Kier molecular flexibility index (Phi) is 3.10. The third-order valence-corrected chi connectivity index (χ3v) is 3.81. The Hall–Kier alpha value is -0.120. The highest BCUT2D eigenvalue weighted by Gasteiger charge is 2.35. The number of piperidine rings is 1. The first-order chi connectivity index (χ1) is 6.68. The van der Waals surface area contributed by atoms with Crippen LogP contribution >= 0.6 is 0 Å². The molecule has 2 fully saturated rings. The first kappa shape index (κ1) is 10.4. The summed E-state index contributed by atoms with van der Waals surface area (Å²) in [6.07, 6.45) is 4.40. The lowest BCUT2D eigenvalue weighted by Crippen LogP contribution is -2.48. The minimum absolute atomic E-state index is 0.168. The van der Waals surface area contributed by atoms with Gasteiger partial charge in [0.25, 0.3) is 0 Å². The number of aliphatic hydroxyl groups excluding tert-OH is 1. The van der Waals surface area contributed by atoms with Gasteiger partial charge in [0.2, 0.25) is 0 Å². The highest BCUT2D eigenvalue weighted by molar-refractivity contribution is 4.87. The third kappa shape index (κ3) is 1.95. The molecule has 2 rings (SSSR count). The van der Waals surface area contributed by atoms with E-state index in [0.717, 1.165) is 12.8 Å². The van der Waals surface area contributed by atoms with E-state index in [2.05, 4.69) is 23.8 Å². The van der Waals surface area contributed by atoms with E-state index in [1.807, 2.05) is 0 Å². The molecule has 0 aromatic heterocycles. The molecule has 14 heavy (non-hydrogen) atoms. The van der Waals surface area contributed by atoms with Crippen molar-refractivity contribution < 1.29 is 5.11 Å². The zero-order valence-corrected chi connectivity index (χ0v) is 9.32. The minimum Gasteiger partial charge on any atom is -0.378 e. The average molecular weight is 198 g/mol. The zero-order chi connectivity index (χ0) is 10.1. The number of nitrogens with zero attached hydrogens (tertiary/aromatic N) is 2. The Morgan fingerprint density at radius 1 is 1.07 bits per heavy atom. The standard InChI is InChI=1S/C11H22N2O/c1-9-3-4-11(14)13(9)10-5-7-12(2)8-6-10/h9-11,14H,3-8H2,1-2H3/t9-,11?/m0/s1. The number of rotatable bonds is 1. The second-order valence-corrected chi connectivity index (χ2v) is 4.89. The summed E-state index contributed by atoms with van der Waals surface area (Å²) in [7, 11) is 2.18. The van der Waals surface area contributed by atoms with Gasteiger partial charge in [-0.3, -0.25) is 4.90 Å². The highest BCUT2D eigenvalue weighted by atomic mass is 16.3. The van der Waals surface area contributed by atoms with Crippen LogP contribution in [0.15, 0.2) is 0 Å². The Morgan fingerprint density at radius 2 is 1.71 bits per heavy atom. The van der Waals surface area contributed by atoms with E-state index in [1.54, 1.807) is 0 Å². The fraction of sp³-hybridized carbons (Fsp3) is 1.00. The van der Waals surface area contributed by atoms with Crippen LogP contribution in [0.2, 0.25) is 0 Å². The van der Waals surface area contributed by atoms with E-state index in [4.69, 9.17) is 0 Å². The zero-order valence-electron chi connectivity index (χ0n) is 9.32. The molecule has 2 heterocycles. The van der Waals surface area contributed by atoms with Crippen LogP contribution in [0.1, 0.15) is 32.6 Å². The predicted molar refractivity (Wildman–Crippen MR) is 57.1 cm³/mol. The van der Waals surface area contributed by atoms with Gasteiger partial charge in [-0.15, -0.1) is 0 Å². The van der Waals surface area contributed by atoms with Gasteiger partial charge < -0.3 is 10.0 Å². The molecule has 0 aliphatic carbocycles. The van der Waals surface area contributed by atoms with Gasteiger partial charge in [0.1, 0.15) is 6.23 Å². The molecule has 0 amide bonds. The summed E-state index contributed by atoms with van der Waals surface area (Å²) in [6.45, 7) is 4.61. The molecule has 82 valence electrons. The second-order valence-electron chi connectivity index (χ2n) is 4.89. The molecule has 2 saturated heterocycles. The Labute approximate surface area is 86.7 Å². The van der Waals surface area contributed by atoms with Crippen LogP contribution in [-0.2, 0) is 0 Å². The number of aliphatic hydroxyl groups is 1. The van der Waals surface area contributed by atoms with Crippen molar-refractivity contribution in [2.75, 3.05) is 20.1 Å². The molecular weight excluding hydrogens is 176 g/mol. The van der Waals surface area contributed by atoms with Crippen molar-refractivity contribution in [1.29, 1.82) is 0 Å². The molecule has 3 heteroatoms. The summed E-state index contributed by atoms with van der Waals surface area (Å²) < 4.78 is 0. The van der Waals surface area contributed by atoms with Crippen molar-refractivity contribution in [2.45, 2.75) is 50.9 Å². The molecule has 0 aromatic rings. The molecule has 1 N–H and O–H groups in total. The van der Waals surface area contributed by atoms with Crippen LogP contribution in [0.25, 0.3) is 0 Å². The highest BCUT2D eigenvalue weighted by Crippen LogP contribution is 2.28. The molecule has 0 saturated carbocycles. The molecule has 2 atom stereocenters. The van der Waals surface area contributed by atoms with Crippen molar-refractivity contribution in [1.82, 2.24) is 9.80 Å². The van der Waals surface area contributed by atoms with E-state index in [1.165, 1.54) is 25.9 Å². The van der Waals surface area contributed by atoms with Gasteiger partial charge in [-0.1, -0.05) is 0 Å². The fourth-order valence-electron chi connectivity index (χ4n) is 2.88. The topological polar surface area (TPSA) is 26.7 Å². The van der Waals surface area contributed by atoms with Crippen molar-refractivity contribution in [3.8, 4) is 0 Å². The molecular formula is C11H22N2O. The van der Waals surface area contributed by atoms with Crippen LogP contribution in [0, 0.1) is 0 Å². The van der Waals surface area contributed by atoms with Gasteiger partial charge in [-0.2, -0.15) is 0 Å². The second kappa shape index (κ2) is 4.17. The van der Waals surface area contributed by atoms with Gasteiger partial charge in [-0.25, -0.2) is 0 Å². The lowest BCUT2D eigenvalue weighted by atomic mass is 10.0. The first-order valence-corrected chi connectivity index (χ1v) is 5.82. The van der Waals surface area contributed by atoms with Crippen LogP contribution < -0.4 is 0 Å². The van der Waals surface area contributed by atoms with Gasteiger partial charge >= 0.3 is 0 Å². The third-order valence-electron chi connectivity index (χ3n) is 3.81. The molecule has 1 unspecified atom stereocenters. The molecule has 0 aromatic carbocycles. The lowest BCUT2D eigenvalue weighted by Gasteiger charge is -2.38. The maximum absolute atomic E-state index is 9.89. The van der Waals surface area contributed by atoms with Gasteiger partial charge in [0.15, 0.2) is 0 Å². The number of hydrogen-bond acceptors (Lipinski definition) is 3. The van der Waals surface area contributed by atoms with E-state index in [0.29, 0.717) is 12.1 Å². The molecule has 2 aliphatic heterocycles. The summed E-state index contributed by atoms with van der Waals surface area (Å²) in [5.74, 6) is 0. The van der Waals surface area contributed by atoms with Crippen molar-refractivity contribution in [3.05, 3.63) is 0 Å². The quantitative estimate of drug-likeness (QED) is 0.677. The van der Waals surface area contributed by atoms with Crippen molar-refractivity contribution >= 4 is 0 Å². The Morgan fingerprint density at radius 3 is 2.21 bits per heavy atom. The van der Waals surface area contributed by atoms with Crippen LogP contribution in [0.4, 0.5) is 0 Å². The SMILES string of the molecule is C[C@H]1CCC(O)N1C1CCN(C)CC1. The van der Waals surface area contributed by atoms with Crippen LogP contribution in [0.3, 0.4) is 0 Å². The summed E-state index contributed by atoms with van der Waals surface area (Å²) in [6, 6.07) is 1.21. The normalized spacial score (nSPS) is 37.9. The summed E-state index contributed by atoms with van der Waals surface area (Å²) in [5.41, 5.74) is 0. The van der Waals surface area contributed by atoms with Crippen molar-refractivity contribution in [3.63, 3.8) is 0 Å². The Bertz CT molecular complexity index is 180. The Balaban J connectivity index is 1.94. The van der Waals surface area contributed by atoms with E-state index in [-0.39, 0.29) is 6.23 Å². The van der Waals surface area contributed by atoms with Crippen LogP contribution in [0.5, 0.6) is 0 Å². The first-order valence-electron chi connectivity index (χ1n) is 5.82. The maximum atomic E-state index is 9.89. The fourth-order valence-corrected chi connectivity index (χ4v) is 2.88. The average Bonchev–Trinajstić information content (AvgIpc) is 2.49. The minimum atomic E-state index is -0.168. The van der Waals surface area contributed by atoms with Gasteiger partial charge in [0.05, 0.1) is 0 Å². The maximum Gasteiger partial charge on any atom is 0.107 e. The molecule has 0 radical (unpaired) electrons. The summed E-state index contributed by atoms with van der Waals surface area (Å²) >= 11 is 0. The van der Waals surface area contributed by atoms with Gasteiger partial charge in [0, 0.05) is 12.1 Å². The predicted octanol–water partition coefficient (Wildman–Crippen LogP) is 0.883. The van der Waals surface area contributed by atoms with E-state index < -0.39 is 0 Å². The lowest BCUT2D eigenvalue weighted by molar-refractivity contribution is -0.0265. The molecule has 0 spiro atoms. The monoisotopic (exact) mass is 198 g/mol. The van der Waals surface area contributed by atoms with E-state index >= 15 is 0 Å². The summed E-state index contributed by atoms with van der Waals surface area (Å²) in [4.78, 5) is 4.72. The largest absolute Gasteiger partial charge is 0.378 e. The van der Waals surface area contributed by atoms with Crippen molar-refractivity contribution in [2.24, 2.45) is 0 Å². The van der Waals surface area contributed by atoms with Gasteiger partial charge in [-0.05, 0) is 52.7 Å². The summed E-state index contributed by atoms with van der Waals surface area (Å²) in [5, 5.41) is 9.89. The van der Waals surface area contributed by atoms with Crippen LogP contribution in [-0.4, -0.2) is 53.4 Å². The molecule has 2 aliphatic rings.